The highest BCUT2D eigenvalue weighted by atomic mass is 19.1. The number of benzene rings is 1. The summed E-state index contributed by atoms with van der Waals surface area (Å²) in [6.45, 7) is 5.14. The van der Waals surface area contributed by atoms with Crippen LogP contribution in [-0.2, 0) is 0 Å². The Morgan fingerprint density at radius 2 is 2.24 bits per heavy atom. The second-order valence-corrected chi connectivity index (χ2v) is 4.23. The fourth-order valence-corrected chi connectivity index (χ4v) is 1.32. The molecule has 0 spiro atoms. The minimum absolute atomic E-state index is 0.0366. The van der Waals surface area contributed by atoms with Gasteiger partial charge >= 0.3 is 0 Å². The molecule has 0 bridgehead atoms. The maximum absolute atomic E-state index is 13.5. The first-order valence-electron chi connectivity index (χ1n) is 5.42. The van der Waals surface area contributed by atoms with Crippen LogP contribution >= 0.6 is 0 Å². The average molecular weight is 234 g/mol. The van der Waals surface area contributed by atoms with Gasteiger partial charge in [0.1, 0.15) is 11.4 Å². The molecule has 1 aromatic rings. The summed E-state index contributed by atoms with van der Waals surface area (Å²) in [4.78, 5) is 11.8. The second kappa shape index (κ2) is 4.96. The molecule has 0 fully saturated rings. The summed E-state index contributed by atoms with van der Waals surface area (Å²) in [5, 5.41) is 11.5. The van der Waals surface area contributed by atoms with Crippen molar-refractivity contribution >= 4 is 5.91 Å². The van der Waals surface area contributed by atoms with Gasteiger partial charge in [-0.05, 0) is 38.0 Å². The molecule has 0 saturated heterocycles. The third kappa shape index (κ3) is 3.04. The van der Waals surface area contributed by atoms with Crippen LogP contribution in [0.1, 0.15) is 36.2 Å². The molecule has 0 radical (unpaired) electrons. The standard InChI is InChI=1S/C13H15FN2O/c1-4-13(3,8-15)16-12(17)10-6-5-9(2)7-11(10)14/h5-7H,4H2,1-3H3,(H,16,17). The van der Waals surface area contributed by atoms with Gasteiger partial charge in [-0.15, -0.1) is 0 Å². The largest absolute Gasteiger partial charge is 0.334 e. The Hall–Kier alpha value is -1.89. The predicted octanol–water partition coefficient (Wildman–Crippen LogP) is 2.56. The first-order chi connectivity index (χ1) is 7.91. The van der Waals surface area contributed by atoms with Gasteiger partial charge in [-0.25, -0.2) is 4.39 Å². The number of halogens is 1. The molecule has 1 rings (SSSR count). The Balaban J connectivity index is 2.95. The number of nitrogens with zero attached hydrogens (tertiary/aromatic N) is 1. The lowest BCUT2D eigenvalue weighted by Crippen LogP contribution is -2.44. The monoisotopic (exact) mass is 234 g/mol. The smallest absolute Gasteiger partial charge is 0.255 e. The first-order valence-corrected chi connectivity index (χ1v) is 5.42. The van der Waals surface area contributed by atoms with E-state index >= 15 is 0 Å². The maximum atomic E-state index is 13.5. The lowest BCUT2D eigenvalue weighted by atomic mass is 10.0. The number of amides is 1. The topological polar surface area (TPSA) is 52.9 Å². The normalized spacial score (nSPS) is 13.6. The molecular weight excluding hydrogens is 219 g/mol. The molecule has 0 saturated carbocycles. The van der Waals surface area contributed by atoms with Gasteiger partial charge in [-0.3, -0.25) is 4.79 Å². The zero-order valence-electron chi connectivity index (χ0n) is 10.2. The van der Waals surface area contributed by atoms with Crippen LogP contribution in [0.5, 0.6) is 0 Å². The lowest BCUT2D eigenvalue weighted by molar-refractivity contribution is 0.0919. The van der Waals surface area contributed by atoms with Crippen LogP contribution in [0.2, 0.25) is 0 Å². The highest BCUT2D eigenvalue weighted by Crippen LogP contribution is 2.13. The molecule has 0 aliphatic rings. The van der Waals surface area contributed by atoms with E-state index in [1.807, 2.05) is 6.07 Å². The summed E-state index contributed by atoms with van der Waals surface area (Å²) in [7, 11) is 0. The Kier molecular flexibility index (Phi) is 3.84. The molecule has 4 heteroatoms. The summed E-state index contributed by atoms with van der Waals surface area (Å²) in [5.74, 6) is -1.13. The number of aryl methyl sites for hydroxylation is 1. The van der Waals surface area contributed by atoms with E-state index in [0.29, 0.717) is 6.42 Å². The van der Waals surface area contributed by atoms with Crippen LogP contribution in [0, 0.1) is 24.1 Å². The van der Waals surface area contributed by atoms with E-state index in [1.165, 1.54) is 12.1 Å². The van der Waals surface area contributed by atoms with Crippen molar-refractivity contribution in [1.29, 1.82) is 5.26 Å². The van der Waals surface area contributed by atoms with Gasteiger partial charge in [0.15, 0.2) is 0 Å². The number of carbonyl (C=O) groups is 1. The second-order valence-electron chi connectivity index (χ2n) is 4.23. The van der Waals surface area contributed by atoms with Crippen molar-refractivity contribution in [2.24, 2.45) is 0 Å². The Morgan fingerprint density at radius 1 is 1.59 bits per heavy atom. The Labute approximate surface area is 100 Å². The molecule has 1 unspecified atom stereocenters. The highest BCUT2D eigenvalue weighted by Gasteiger charge is 2.25. The molecule has 3 nitrogen and oxygen atoms in total. The van der Waals surface area contributed by atoms with Crippen LogP contribution in [0.3, 0.4) is 0 Å². The van der Waals surface area contributed by atoms with Gasteiger partial charge in [0.2, 0.25) is 0 Å². The van der Waals surface area contributed by atoms with Crippen molar-refractivity contribution in [3.05, 3.63) is 35.1 Å². The van der Waals surface area contributed by atoms with Crippen molar-refractivity contribution < 1.29 is 9.18 Å². The molecule has 0 aliphatic heterocycles. The Morgan fingerprint density at radius 3 is 2.71 bits per heavy atom. The predicted molar refractivity (Wildman–Crippen MR) is 62.9 cm³/mol. The van der Waals surface area contributed by atoms with E-state index < -0.39 is 17.3 Å². The summed E-state index contributed by atoms with van der Waals surface area (Å²) >= 11 is 0. The van der Waals surface area contributed by atoms with Crippen LogP contribution in [0.25, 0.3) is 0 Å². The van der Waals surface area contributed by atoms with Crippen molar-refractivity contribution in [2.45, 2.75) is 32.7 Å². The number of rotatable bonds is 3. The van der Waals surface area contributed by atoms with Crippen LogP contribution in [0.4, 0.5) is 4.39 Å². The van der Waals surface area contributed by atoms with E-state index in [1.54, 1.807) is 26.8 Å². The number of hydrogen-bond donors (Lipinski definition) is 1. The summed E-state index contributed by atoms with van der Waals surface area (Å²) in [6.07, 6.45) is 0.461. The van der Waals surface area contributed by atoms with E-state index in [2.05, 4.69) is 5.32 Å². The molecule has 17 heavy (non-hydrogen) atoms. The third-order valence-electron chi connectivity index (χ3n) is 2.71. The Bertz CT molecular complexity index is 479. The van der Waals surface area contributed by atoms with Crippen LogP contribution < -0.4 is 5.32 Å². The van der Waals surface area contributed by atoms with Gasteiger partial charge in [0, 0.05) is 0 Å². The van der Waals surface area contributed by atoms with Gasteiger partial charge in [-0.2, -0.15) is 5.26 Å². The van der Waals surface area contributed by atoms with Gasteiger partial charge in [-0.1, -0.05) is 13.0 Å². The van der Waals surface area contributed by atoms with E-state index in [4.69, 9.17) is 5.26 Å². The number of carbonyl (C=O) groups excluding carboxylic acids is 1. The van der Waals surface area contributed by atoms with Crippen LogP contribution in [0.15, 0.2) is 18.2 Å². The van der Waals surface area contributed by atoms with E-state index in [-0.39, 0.29) is 5.56 Å². The van der Waals surface area contributed by atoms with Crippen molar-refractivity contribution in [3.63, 3.8) is 0 Å². The molecule has 90 valence electrons. The van der Waals surface area contributed by atoms with E-state index in [0.717, 1.165) is 5.56 Å². The molecule has 1 aromatic carbocycles. The SMILES string of the molecule is CCC(C)(C#N)NC(=O)c1ccc(C)cc1F. The summed E-state index contributed by atoms with van der Waals surface area (Å²) in [6, 6.07) is 6.39. The van der Waals surface area contributed by atoms with Gasteiger partial charge in [0.25, 0.3) is 5.91 Å². The number of nitriles is 1. The van der Waals surface area contributed by atoms with Crippen molar-refractivity contribution in [3.8, 4) is 6.07 Å². The quantitative estimate of drug-likeness (QED) is 0.873. The number of nitrogens with one attached hydrogen (secondary N) is 1. The molecule has 0 aromatic heterocycles. The minimum atomic E-state index is -0.964. The van der Waals surface area contributed by atoms with Crippen molar-refractivity contribution in [2.75, 3.05) is 0 Å². The molecular formula is C13H15FN2O. The first kappa shape index (κ1) is 13.2. The van der Waals surface area contributed by atoms with Gasteiger partial charge in [0.05, 0.1) is 11.6 Å². The zero-order valence-corrected chi connectivity index (χ0v) is 10.2. The molecule has 1 N–H and O–H groups in total. The average Bonchev–Trinajstić information content (AvgIpc) is 2.28. The molecule has 0 heterocycles. The summed E-state index contributed by atoms with van der Waals surface area (Å²) < 4.78 is 13.5. The molecule has 0 aliphatic carbocycles. The number of hydrogen-bond acceptors (Lipinski definition) is 2. The minimum Gasteiger partial charge on any atom is -0.334 e. The maximum Gasteiger partial charge on any atom is 0.255 e. The zero-order chi connectivity index (χ0) is 13.1. The lowest BCUT2D eigenvalue weighted by Gasteiger charge is -2.21. The third-order valence-corrected chi connectivity index (χ3v) is 2.71. The van der Waals surface area contributed by atoms with Crippen molar-refractivity contribution in [1.82, 2.24) is 5.32 Å². The molecule has 1 amide bonds. The fraction of sp³-hybridized carbons (Fsp3) is 0.385. The summed E-state index contributed by atoms with van der Waals surface area (Å²) in [5.41, 5.74) is -0.253. The van der Waals surface area contributed by atoms with Gasteiger partial charge < -0.3 is 5.32 Å². The van der Waals surface area contributed by atoms with Crippen LogP contribution in [-0.4, -0.2) is 11.4 Å². The van der Waals surface area contributed by atoms with E-state index in [9.17, 15) is 9.18 Å². The fourth-order valence-electron chi connectivity index (χ4n) is 1.32. The molecule has 1 atom stereocenters. The highest BCUT2D eigenvalue weighted by molar-refractivity contribution is 5.95.